The van der Waals surface area contributed by atoms with Gasteiger partial charge in [0.2, 0.25) is 0 Å². The lowest BCUT2D eigenvalue weighted by Crippen LogP contribution is -2.15. The van der Waals surface area contributed by atoms with E-state index in [1.54, 1.807) is 37.8 Å². The number of pyridine rings is 1. The summed E-state index contributed by atoms with van der Waals surface area (Å²) in [5, 5.41) is 20.9. The first-order valence-corrected chi connectivity index (χ1v) is 4.90. The monoisotopic (exact) mass is 219 g/mol. The van der Waals surface area contributed by atoms with E-state index in [2.05, 4.69) is 20.5 Å². The van der Waals surface area contributed by atoms with Crippen LogP contribution in [0.1, 0.15) is 19.4 Å². The van der Waals surface area contributed by atoms with Gasteiger partial charge in [-0.05, 0) is 30.3 Å². The Labute approximate surface area is 92.9 Å². The maximum absolute atomic E-state index is 9.78. The van der Waals surface area contributed by atoms with E-state index in [1.165, 1.54) is 0 Å². The lowest BCUT2D eigenvalue weighted by atomic mass is 10.0. The number of tetrazole rings is 1. The van der Waals surface area contributed by atoms with Crippen LogP contribution in [0.5, 0.6) is 0 Å². The van der Waals surface area contributed by atoms with Gasteiger partial charge in [-0.1, -0.05) is 6.07 Å². The molecule has 0 atom stereocenters. The molecule has 1 N–H and O–H groups in total. The van der Waals surface area contributed by atoms with Crippen LogP contribution in [0.2, 0.25) is 0 Å². The number of aromatic nitrogens is 5. The molecule has 0 saturated heterocycles. The second-order valence-corrected chi connectivity index (χ2v) is 4.12. The topological polar surface area (TPSA) is 76.7 Å². The Kier molecular flexibility index (Phi) is 2.43. The van der Waals surface area contributed by atoms with Gasteiger partial charge in [-0.3, -0.25) is 4.98 Å². The highest BCUT2D eigenvalue weighted by Gasteiger charge is 2.16. The predicted molar refractivity (Wildman–Crippen MR) is 57.3 cm³/mol. The first-order valence-electron chi connectivity index (χ1n) is 4.90. The number of hydrogen-bond donors (Lipinski definition) is 1. The average Bonchev–Trinajstić information content (AvgIpc) is 2.63. The third-order valence-corrected chi connectivity index (χ3v) is 2.32. The molecule has 0 amide bonds. The van der Waals surface area contributed by atoms with Gasteiger partial charge in [0, 0.05) is 18.8 Å². The molecule has 0 aliphatic heterocycles. The first-order chi connectivity index (χ1) is 7.48. The van der Waals surface area contributed by atoms with Crippen molar-refractivity contribution in [1.82, 2.24) is 25.2 Å². The van der Waals surface area contributed by atoms with E-state index < -0.39 is 5.60 Å². The molecular weight excluding hydrogens is 206 g/mol. The van der Waals surface area contributed by atoms with E-state index in [0.29, 0.717) is 11.5 Å². The van der Waals surface area contributed by atoms with E-state index in [9.17, 15) is 5.11 Å². The molecule has 0 aliphatic rings. The summed E-state index contributed by atoms with van der Waals surface area (Å²) in [5.74, 6) is 0.599. The molecule has 0 bridgehead atoms. The standard InChI is InChI=1S/C10H13N5O/c1-10(2,16)7-4-5-8(11-6-7)9-12-13-14-15(9)3/h4-6,16H,1-3H3. The Bertz CT molecular complexity index is 483. The van der Waals surface area contributed by atoms with Gasteiger partial charge in [0.25, 0.3) is 0 Å². The molecular formula is C10H13N5O. The van der Waals surface area contributed by atoms with Crippen LogP contribution in [-0.4, -0.2) is 30.3 Å². The molecule has 2 aromatic rings. The zero-order valence-electron chi connectivity index (χ0n) is 9.42. The van der Waals surface area contributed by atoms with Crippen molar-refractivity contribution in [3.8, 4) is 11.5 Å². The second-order valence-electron chi connectivity index (χ2n) is 4.12. The van der Waals surface area contributed by atoms with Gasteiger partial charge in [0.05, 0.1) is 5.60 Å². The molecule has 0 radical (unpaired) electrons. The van der Waals surface area contributed by atoms with E-state index in [-0.39, 0.29) is 0 Å². The van der Waals surface area contributed by atoms with E-state index in [0.717, 1.165) is 5.56 Å². The third-order valence-electron chi connectivity index (χ3n) is 2.32. The van der Waals surface area contributed by atoms with E-state index in [1.807, 2.05) is 6.07 Å². The van der Waals surface area contributed by atoms with Crippen LogP contribution in [0.3, 0.4) is 0 Å². The Morgan fingerprint density at radius 3 is 2.50 bits per heavy atom. The Morgan fingerprint density at radius 1 is 1.31 bits per heavy atom. The summed E-state index contributed by atoms with van der Waals surface area (Å²) >= 11 is 0. The number of nitrogens with zero attached hydrogens (tertiary/aromatic N) is 5. The summed E-state index contributed by atoms with van der Waals surface area (Å²) in [6, 6.07) is 3.61. The molecule has 0 spiro atoms. The summed E-state index contributed by atoms with van der Waals surface area (Å²) in [6.45, 7) is 3.43. The first kappa shape index (κ1) is 10.7. The summed E-state index contributed by atoms with van der Waals surface area (Å²) in [5.41, 5.74) is 0.552. The Morgan fingerprint density at radius 2 is 2.06 bits per heavy atom. The minimum absolute atomic E-state index is 0.599. The van der Waals surface area contributed by atoms with Gasteiger partial charge in [-0.25, -0.2) is 4.68 Å². The highest BCUT2D eigenvalue weighted by Crippen LogP contribution is 2.20. The van der Waals surface area contributed by atoms with Crippen LogP contribution < -0.4 is 0 Å². The van der Waals surface area contributed by atoms with Crippen LogP contribution in [0.15, 0.2) is 18.3 Å². The van der Waals surface area contributed by atoms with Crippen LogP contribution in [0, 0.1) is 0 Å². The van der Waals surface area contributed by atoms with Crippen molar-refractivity contribution >= 4 is 0 Å². The van der Waals surface area contributed by atoms with Crippen LogP contribution in [0.25, 0.3) is 11.5 Å². The fourth-order valence-electron chi connectivity index (χ4n) is 1.33. The van der Waals surface area contributed by atoms with Crippen molar-refractivity contribution in [3.05, 3.63) is 23.9 Å². The molecule has 0 aromatic carbocycles. The molecule has 84 valence electrons. The molecule has 16 heavy (non-hydrogen) atoms. The van der Waals surface area contributed by atoms with Gasteiger partial charge in [-0.15, -0.1) is 5.10 Å². The fraction of sp³-hybridized carbons (Fsp3) is 0.400. The maximum Gasteiger partial charge on any atom is 0.200 e. The summed E-state index contributed by atoms with van der Waals surface area (Å²) in [4.78, 5) is 4.23. The predicted octanol–water partition coefficient (Wildman–Crippen LogP) is 0.499. The molecule has 6 heteroatoms. The number of aryl methyl sites for hydroxylation is 1. The van der Waals surface area contributed by atoms with Gasteiger partial charge in [0.1, 0.15) is 5.69 Å². The summed E-state index contributed by atoms with van der Waals surface area (Å²) in [6.07, 6.45) is 1.63. The maximum atomic E-state index is 9.78. The molecule has 0 unspecified atom stereocenters. The molecule has 0 aliphatic carbocycles. The van der Waals surface area contributed by atoms with Crippen LogP contribution >= 0.6 is 0 Å². The lowest BCUT2D eigenvalue weighted by molar-refractivity contribution is 0.0782. The molecule has 0 fully saturated rings. The smallest absolute Gasteiger partial charge is 0.200 e. The van der Waals surface area contributed by atoms with Crippen molar-refractivity contribution in [2.75, 3.05) is 0 Å². The fourth-order valence-corrected chi connectivity index (χ4v) is 1.33. The largest absolute Gasteiger partial charge is 0.386 e. The van der Waals surface area contributed by atoms with Crippen LogP contribution in [0.4, 0.5) is 0 Å². The SMILES string of the molecule is Cn1nnnc1-c1ccc(C(C)(C)O)cn1. The Hall–Kier alpha value is -1.82. The summed E-state index contributed by atoms with van der Waals surface area (Å²) in [7, 11) is 1.75. The zero-order valence-corrected chi connectivity index (χ0v) is 9.42. The lowest BCUT2D eigenvalue weighted by Gasteiger charge is -2.16. The van der Waals surface area contributed by atoms with Crippen molar-refractivity contribution < 1.29 is 5.11 Å². The van der Waals surface area contributed by atoms with Gasteiger partial charge >= 0.3 is 0 Å². The Balaban J connectivity index is 2.37. The van der Waals surface area contributed by atoms with Gasteiger partial charge in [0.15, 0.2) is 5.82 Å². The second kappa shape index (κ2) is 3.64. The normalized spacial score (nSPS) is 11.8. The highest BCUT2D eigenvalue weighted by atomic mass is 16.3. The van der Waals surface area contributed by atoms with Crippen molar-refractivity contribution in [3.63, 3.8) is 0 Å². The van der Waals surface area contributed by atoms with Gasteiger partial charge in [-0.2, -0.15) is 0 Å². The number of rotatable bonds is 2. The molecule has 2 heterocycles. The summed E-state index contributed by atoms with van der Waals surface area (Å²) < 4.78 is 1.55. The van der Waals surface area contributed by atoms with Crippen LogP contribution in [-0.2, 0) is 12.6 Å². The quantitative estimate of drug-likeness (QED) is 0.795. The van der Waals surface area contributed by atoms with Crippen molar-refractivity contribution in [1.29, 1.82) is 0 Å². The average molecular weight is 219 g/mol. The minimum atomic E-state index is -0.885. The minimum Gasteiger partial charge on any atom is -0.386 e. The van der Waals surface area contributed by atoms with E-state index in [4.69, 9.17) is 0 Å². The van der Waals surface area contributed by atoms with E-state index >= 15 is 0 Å². The molecule has 6 nitrogen and oxygen atoms in total. The van der Waals surface area contributed by atoms with Crippen molar-refractivity contribution in [2.24, 2.45) is 7.05 Å². The molecule has 2 aromatic heterocycles. The highest BCUT2D eigenvalue weighted by molar-refractivity contribution is 5.48. The number of hydrogen-bond acceptors (Lipinski definition) is 5. The number of aliphatic hydroxyl groups is 1. The van der Waals surface area contributed by atoms with Gasteiger partial charge < -0.3 is 5.11 Å². The zero-order chi connectivity index (χ0) is 11.8. The van der Waals surface area contributed by atoms with Crippen molar-refractivity contribution in [2.45, 2.75) is 19.4 Å². The molecule has 0 saturated carbocycles. The molecule has 2 rings (SSSR count). The third kappa shape index (κ3) is 1.92.